The van der Waals surface area contributed by atoms with Crippen LogP contribution in [0.15, 0.2) is 51.7 Å². The van der Waals surface area contributed by atoms with E-state index in [0.717, 1.165) is 0 Å². The van der Waals surface area contributed by atoms with Crippen LogP contribution in [-0.4, -0.2) is 13.1 Å². The van der Waals surface area contributed by atoms with Crippen LogP contribution in [-0.2, 0) is 4.79 Å². The van der Waals surface area contributed by atoms with Crippen molar-refractivity contribution in [3.63, 3.8) is 0 Å². The molecule has 0 aliphatic heterocycles. The van der Waals surface area contributed by atoms with Crippen molar-refractivity contribution in [3.8, 4) is 22.8 Å². The van der Waals surface area contributed by atoms with Crippen LogP contribution in [0.5, 0.6) is 11.5 Å². The molecule has 0 atom stereocenters. The number of methoxy groups -OCH3 is 1. The van der Waals surface area contributed by atoms with Crippen LogP contribution in [0.2, 0.25) is 5.02 Å². The Morgan fingerprint density at radius 1 is 1.16 bits per heavy atom. The van der Waals surface area contributed by atoms with E-state index in [-0.39, 0.29) is 23.3 Å². The number of fused-ring (bicyclic) bond motifs is 1. The normalized spacial score (nSPS) is 10.7. The van der Waals surface area contributed by atoms with E-state index in [2.05, 4.69) is 0 Å². The molecule has 1 heterocycles. The van der Waals surface area contributed by atoms with E-state index < -0.39 is 11.4 Å². The number of rotatable bonds is 4. The molecule has 0 saturated carbocycles. The second kappa shape index (κ2) is 6.99. The van der Waals surface area contributed by atoms with Gasteiger partial charge in [-0.3, -0.25) is 9.59 Å². The van der Waals surface area contributed by atoms with Crippen molar-refractivity contribution in [2.75, 3.05) is 7.11 Å². The van der Waals surface area contributed by atoms with Gasteiger partial charge in [0.25, 0.3) is 0 Å². The summed E-state index contributed by atoms with van der Waals surface area (Å²) in [5, 5.41) is 0.647. The summed E-state index contributed by atoms with van der Waals surface area (Å²) in [5.74, 6) is 0.172. The molecule has 1 aromatic heterocycles. The van der Waals surface area contributed by atoms with Crippen molar-refractivity contribution in [3.05, 3.63) is 57.7 Å². The van der Waals surface area contributed by atoms with Gasteiger partial charge in [0.2, 0.25) is 11.2 Å². The van der Waals surface area contributed by atoms with Gasteiger partial charge in [-0.05, 0) is 42.5 Å². The highest BCUT2D eigenvalue weighted by Gasteiger charge is 2.20. The van der Waals surface area contributed by atoms with Crippen LogP contribution >= 0.6 is 11.6 Å². The van der Waals surface area contributed by atoms with E-state index in [9.17, 15) is 9.59 Å². The number of hydrogen-bond donors (Lipinski definition) is 0. The topological polar surface area (TPSA) is 65.7 Å². The smallest absolute Gasteiger partial charge is 0.311 e. The molecule has 0 bridgehead atoms. The molecular weight excluding hydrogens is 344 g/mol. The number of hydrogen-bond acceptors (Lipinski definition) is 5. The Morgan fingerprint density at radius 3 is 2.52 bits per heavy atom. The fraction of sp³-hybridized carbons (Fsp3) is 0.158. The molecular formula is C19H15ClO5. The second-order valence-electron chi connectivity index (χ2n) is 5.29. The Balaban J connectivity index is 2.27. The summed E-state index contributed by atoms with van der Waals surface area (Å²) in [6.07, 6.45) is 0.134. The molecule has 2 aromatic carbocycles. The molecule has 0 aliphatic carbocycles. The number of halogens is 1. The first kappa shape index (κ1) is 17.0. The molecule has 0 unspecified atom stereocenters. The summed E-state index contributed by atoms with van der Waals surface area (Å²) < 4.78 is 16.3. The monoisotopic (exact) mass is 358 g/mol. The van der Waals surface area contributed by atoms with Crippen LogP contribution in [0.3, 0.4) is 0 Å². The maximum absolute atomic E-state index is 12.8. The third-order valence-corrected chi connectivity index (χ3v) is 3.90. The van der Waals surface area contributed by atoms with Gasteiger partial charge in [-0.1, -0.05) is 18.5 Å². The molecule has 3 aromatic rings. The van der Waals surface area contributed by atoms with E-state index in [4.69, 9.17) is 25.5 Å². The lowest BCUT2D eigenvalue weighted by atomic mass is 10.1. The van der Waals surface area contributed by atoms with Crippen molar-refractivity contribution in [1.82, 2.24) is 0 Å². The molecule has 6 heteroatoms. The molecule has 3 rings (SSSR count). The van der Waals surface area contributed by atoms with E-state index in [1.807, 2.05) is 0 Å². The molecule has 0 fully saturated rings. The van der Waals surface area contributed by atoms with Gasteiger partial charge in [-0.2, -0.15) is 0 Å². The van der Waals surface area contributed by atoms with Crippen LogP contribution in [0.4, 0.5) is 0 Å². The number of esters is 1. The Hall–Kier alpha value is -2.79. The van der Waals surface area contributed by atoms with Gasteiger partial charge in [-0.25, -0.2) is 0 Å². The first-order valence-corrected chi connectivity index (χ1v) is 8.02. The summed E-state index contributed by atoms with van der Waals surface area (Å²) in [7, 11) is 1.56. The lowest BCUT2D eigenvalue weighted by molar-refractivity contribution is -0.134. The Bertz CT molecular complexity index is 989. The number of carbonyl (C=O) groups is 1. The Morgan fingerprint density at radius 2 is 1.88 bits per heavy atom. The molecule has 0 spiro atoms. The molecule has 25 heavy (non-hydrogen) atoms. The standard InChI is InChI=1S/C19H15ClO5/c1-3-16(21)25-19-17(22)14-10-12(20)6-9-15(14)24-18(19)11-4-7-13(23-2)8-5-11/h4-10H,3H2,1-2H3. The van der Waals surface area contributed by atoms with Crippen molar-refractivity contribution in [2.24, 2.45) is 0 Å². The lowest BCUT2D eigenvalue weighted by Gasteiger charge is -2.10. The van der Waals surface area contributed by atoms with Gasteiger partial charge in [0.1, 0.15) is 11.3 Å². The fourth-order valence-electron chi connectivity index (χ4n) is 2.36. The highest BCUT2D eigenvalue weighted by atomic mass is 35.5. The van der Waals surface area contributed by atoms with Gasteiger partial charge >= 0.3 is 5.97 Å². The molecule has 0 amide bonds. The summed E-state index contributed by atoms with van der Waals surface area (Å²) in [6.45, 7) is 1.65. The number of benzene rings is 2. The average molecular weight is 359 g/mol. The summed E-state index contributed by atoms with van der Waals surface area (Å²) in [4.78, 5) is 24.6. The maximum atomic E-state index is 12.8. The van der Waals surface area contributed by atoms with E-state index in [1.54, 1.807) is 50.4 Å². The molecule has 5 nitrogen and oxygen atoms in total. The van der Waals surface area contributed by atoms with E-state index >= 15 is 0 Å². The zero-order valence-electron chi connectivity index (χ0n) is 13.7. The minimum absolute atomic E-state index is 0.134. The van der Waals surface area contributed by atoms with Gasteiger partial charge in [-0.15, -0.1) is 0 Å². The molecule has 128 valence electrons. The maximum Gasteiger partial charge on any atom is 0.311 e. The number of ether oxygens (including phenoxy) is 2. The molecule has 0 aliphatic rings. The Labute approximate surface area is 148 Å². The summed E-state index contributed by atoms with van der Waals surface area (Å²) in [6, 6.07) is 11.6. The van der Waals surface area contributed by atoms with E-state index in [0.29, 0.717) is 21.9 Å². The summed E-state index contributed by atoms with van der Waals surface area (Å²) in [5.41, 5.74) is 0.501. The van der Waals surface area contributed by atoms with Crippen LogP contribution in [0, 0.1) is 0 Å². The predicted octanol–water partition coefficient (Wildman–Crippen LogP) is 4.44. The first-order chi connectivity index (χ1) is 12.0. The molecule has 0 N–H and O–H groups in total. The zero-order valence-corrected chi connectivity index (χ0v) is 14.4. The van der Waals surface area contributed by atoms with Gasteiger partial charge in [0.15, 0.2) is 5.76 Å². The predicted molar refractivity (Wildman–Crippen MR) is 95.4 cm³/mol. The zero-order chi connectivity index (χ0) is 18.0. The van der Waals surface area contributed by atoms with Gasteiger partial charge in [0.05, 0.1) is 12.5 Å². The van der Waals surface area contributed by atoms with Crippen LogP contribution in [0.25, 0.3) is 22.3 Å². The first-order valence-electron chi connectivity index (χ1n) is 7.65. The minimum atomic E-state index is -0.525. The molecule has 0 radical (unpaired) electrons. The fourth-order valence-corrected chi connectivity index (χ4v) is 2.53. The Kier molecular flexibility index (Phi) is 4.76. The van der Waals surface area contributed by atoms with Crippen molar-refractivity contribution in [1.29, 1.82) is 0 Å². The number of carbonyl (C=O) groups excluding carboxylic acids is 1. The van der Waals surface area contributed by atoms with Gasteiger partial charge < -0.3 is 13.9 Å². The van der Waals surface area contributed by atoms with E-state index in [1.165, 1.54) is 6.07 Å². The average Bonchev–Trinajstić information content (AvgIpc) is 2.64. The third-order valence-electron chi connectivity index (χ3n) is 3.67. The largest absolute Gasteiger partial charge is 0.497 e. The highest BCUT2D eigenvalue weighted by molar-refractivity contribution is 6.31. The van der Waals surface area contributed by atoms with Gasteiger partial charge in [0, 0.05) is 17.0 Å². The van der Waals surface area contributed by atoms with Crippen LogP contribution < -0.4 is 14.9 Å². The minimum Gasteiger partial charge on any atom is -0.497 e. The van der Waals surface area contributed by atoms with Crippen molar-refractivity contribution >= 4 is 28.5 Å². The SMILES string of the molecule is CCC(=O)Oc1c(-c2ccc(OC)cc2)oc2ccc(Cl)cc2c1=O. The summed E-state index contributed by atoms with van der Waals surface area (Å²) >= 11 is 5.96. The van der Waals surface area contributed by atoms with Crippen molar-refractivity contribution < 1.29 is 18.7 Å². The van der Waals surface area contributed by atoms with Crippen molar-refractivity contribution in [2.45, 2.75) is 13.3 Å². The van der Waals surface area contributed by atoms with Crippen LogP contribution in [0.1, 0.15) is 13.3 Å². The second-order valence-corrected chi connectivity index (χ2v) is 5.72. The highest BCUT2D eigenvalue weighted by Crippen LogP contribution is 2.32. The lowest BCUT2D eigenvalue weighted by Crippen LogP contribution is -2.15. The quantitative estimate of drug-likeness (QED) is 0.645. The molecule has 0 saturated heterocycles. The third kappa shape index (κ3) is 3.37.